The van der Waals surface area contributed by atoms with E-state index in [-0.39, 0.29) is 24.8 Å². The van der Waals surface area contributed by atoms with E-state index >= 15 is 0 Å². The van der Waals surface area contributed by atoms with Crippen LogP contribution in [-0.2, 0) is 11.5 Å². The van der Waals surface area contributed by atoms with Gasteiger partial charge in [0.2, 0.25) is 0 Å². The van der Waals surface area contributed by atoms with E-state index in [4.69, 9.17) is 21.1 Å². The summed E-state index contributed by atoms with van der Waals surface area (Å²) in [5, 5.41) is 4.84. The normalized spacial score (nSPS) is 20.9. The summed E-state index contributed by atoms with van der Waals surface area (Å²) in [4.78, 5) is 14.3. The lowest BCUT2D eigenvalue weighted by Gasteiger charge is -2.34. The van der Waals surface area contributed by atoms with Crippen LogP contribution in [0.1, 0.15) is 24.3 Å². The summed E-state index contributed by atoms with van der Waals surface area (Å²) in [6.45, 7) is 5.27. The molecule has 24 heavy (non-hydrogen) atoms. The molecule has 2 aromatic rings. The third kappa shape index (κ3) is 3.88. The summed E-state index contributed by atoms with van der Waals surface area (Å²) in [5.74, 6) is 0.492. The number of nitrogens with zero attached hydrogens (tertiary/aromatic N) is 3. The second-order valence-electron chi connectivity index (χ2n) is 5.91. The highest BCUT2D eigenvalue weighted by molar-refractivity contribution is 6.32. The lowest BCUT2D eigenvalue weighted by molar-refractivity contribution is -0.0587. The Bertz CT molecular complexity index is 709. The van der Waals surface area contributed by atoms with Crippen molar-refractivity contribution in [1.29, 1.82) is 0 Å². The summed E-state index contributed by atoms with van der Waals surface area (Å²) in [6.07, 6.45) is 1.78. The van der Waals surface area contributed by atoms with E-state index in [2.05, 4.69) is 5.10 Å². The highest BCUT2D eigenvalue weighted by atomic mass is 35.5. The van der Waals surface area contributed by atoms with Gasteiger partial charge in [0.25, 0.3) is 5.91 Å². The van der Waals surface area contributed by atoms with Gasteiger partial charge in [-0.3, -0.25) is 4.79 Å². The van der Waals surface area contributed by atoms with Gasteiger partial charge >= 0.3 is 0 Å². The Labute approximate surface area is 145 Å². The van der Waals surface area contributed by atoms with Crippen LogP contribution in [0.3, 0.4) is 0 Å². The Morgan fingerprint density at radius 3 is 2.71 bits per heavy atom. The molecule has 1 amide bonds. The first-order chi connectivity index (χ1) is 11.5. The predicted octanol–water partition coefficient (Wildman–Crippen LogP) is 2.82. The molecule has 0 bridgehead atoms. The number of morpholine rings is 1. The van der Waals surface area contributed by atoms with Crippen LogP contribution in [0.25, 0.3) is 0 Å². The number of benzene rings is 1. The molecule has 2 atom stereocenters. The SMILES string of the molecule is C[C@@H]1CN(C(=O)c2ccn(COc3ccccc3Cl)n2)C[C@@H](C)O1. The van der Waals surface area contributed by atoms with Crippen LogP contribution >= 0.6 is 11.6 Å². The Hall–Kier alpha value is -2.05. The molecule has 0 aliphatic carbocycles. The van der Waals surface area contributed by atoms with Crippen molar-refractivity contribution in [2.75, 3.05) is 13.1 Å². The highest BCUT2D eigenvalue weighted by Crippen LogP contribution is 2.23. The van der Waals surface area contributed by atoms with Crippen LogP contribution in [0.4, 0.5) is 0 Å². The second kappa shape index (κ2) is 7.23. The zero-order valence-corrected chi connectivity index (χ0v) is 14.4. The van der Waals surface area contributed by atoms with Crippen molar-refractivity contribution in [2.45, 2.75) is 32.8 Å². The average Bonchev–Trinajstić information content (AvgIpc) is 3.01. The fourth-order valence-corrected chi connectivity index (χ4v) is 2.94. The molecule has 1 aromatic heterocycles. The minimum Gasteiger partial charge on any atom is -0.470 e. The molecule has 0 saturated carbocycles. The van der Waals surface area contributed by atoms with Crippen LogP contribution in [-0.4, -0.2) is 45.9 Å². The summed E-state index contributed by atoms with van der Waals surface area (Å²) in [6, 6.07) is 8.93. The molecule has 0 N–H and O–H groups in total. The third-order valence-corrected chi connectivity index (χ3v) is 4.07. The van der Waals surface area contributed by atoms with Crippen molar-refractivity contribution >= 4 is 17.5 Å². The van der Waals surface area contributed by atoms with Crippen LogP contribution < -0.4 is 4.74 Å². The van der Waals surface area contributed by atoms with E-state index in [0.717, 1.165) is 0 Å². The fraction of sp³-hybridized carbons (Fsp3) is 0.412. The number of carbonyl (C=O) groups excluding carboxylic acids is 1. The molecule has 128 valence electrons. The second-order valence-corrected chi connectivity index (χ2v) is 6.32. The monoisotopic (exact) mass is 349 g/mol. The number of carbonyl (C=O) groups is 1. The lowest BCUT2D eigenvalue weighted by atomic mass is 10.2. The van der Waals surface area contributed by atoms with Gasteiger partial charge in [-0.2, -0.15) is 5.10 Å². The maximum absolute atomic E-state index is 12.6. The van der Waals surface area contributed by atoms with Crippen LogP contribution in [0.5, 0.6) is 5.75 Å². The molecule has 1 fully saturated rings. The first-order valence-electron chi connectivity index (χ1n) is 7.88. The molecular formula is C17H20ClN3O3. The minimum absolute atomic E-state index is 0.0309. The first kappa shape index (κ1) is 16.8. The molecule has 0 unspecified atom stereocenters. The molecule has 1 aliphatic heterocycles. The van der Waals surface area contributed by atoms with Crippen molar-refractivity contribution in [3.05, 3.63) is 47.2 Å². The predicted molar refractivity (Wildman–Crippen MR) is 90.2 cm³/mol. The van der Waals surface area contributed by atoms with Gasteiger partial charge in [-0.05, 0) is 32.0 Å². The lowest BCUT2D eigenvalue weighted by Crippen LogP contribution is -2.48. The number of hydrogen-bond acceptors (Lipinski definition) is 4. The topological polar surface area (TPSA) is 56.6 Å². The van der Waals surface area contributed by atoms with Gasteiger partial charge in [-0.1, -0.05) is 23.7 Å². The molecule has 1 aromatic carbocycles. The van der Waals surface area contributed by atoms with E-state index in [1.54, 1.807) is 34.0 Å². The zero-order chi connectivity index (χ0) is 17.1. The van der Waals surface area contributed by atoms with E-state index in [0.29, 0.717) is 29.6 Å². The van der Waals surface area contributed by atoms with Crippen molar-refractivity contribution in [1.82, 2.24) is 14.7 Å². The highest BCUT2D eigenvalue weighted by Gasteiger charge is 2.27. The Kier molecular flexibility index (Phi) is 5.06. The Morgan fingerprint density at radius 2 is 2.00 bits per heavy atom. The molecular weight excluding hydrogens is 330 g/mol. The molecule has 1 saturated heterocycles. The number of amides is 1. The van der Waals surface area contributed by atoms with Gasteiger partial charge in [0.1, 0.15) is 5.75 Å². The van der Waals surface area contributed by atoms with Crippen molar-refractivity contribution in [3.63, 3.8) is 0 Å². The summed E-state index contributed by atoms with van der Waals surface area (Å²) in [7, 11) is 0. The largest absolute Gasteiger partial charge is 0.470 e. The Balaban J connectivity index is 1.62. The van der Waals surface area contributed by atoms with Crippen molar-refractivity contribution in [3.8, 4) is 5.75 Å². The summed E-state index contributed by atoms with van der Waals surface area (Å²) < 4.78 is 12.8. The Morgan fingerprint density at radius 1 is 1.29 bits per heavy atom. The van der Waals surface area contributed by atoms with Crippen molar-refractivity contribution in [2.24, 2.45) is 0 Å². The van der Waals surface area contributed by atoms with E-state index < -0.39 is 0 Å². The molecule has 3 rings (SSSR count). The maximum Gasteiger partial charge on any atom is 0.274 e. The number of halogens is 1. The third-order valence-electron chi connectivity index (χ3n) is 3.76. The first-order valence-corrected chi connectivity index (χ1v) is 8.26. The van der Waals surface area contributed by atoms with Gasteiger partial charge < -0.3 is 14.4 Å². The van der Waals surface area contributed by atoms with Crippen LogP contribution in [0, 0.1) is 0 Å². The van der Waals surface area contributed by atoms with E-state index in [9.17, 15) is 4.79 Å². The molecule has 1 aliphatic rings. The zero-order valence-electron chi connectivity index (χ0n) is 13.7. The number of aromatic nitrogens is 2. The van der Waals surface area contributed by atoms with Gasteiger partial charge in [0.05, 0.1) is 17.2 Å². The van der Waals surface area contributed by atoms with Gasteiger partial charge in [0, 0.05) is 19.3 Å². The smallest absolute Gasteiger partial charge is 0.274 e. The quantitative estimate of drug-likeness (QED) is 0.851. The van der Waals surface area contributed by atoms with Gasteiger partial charge in [-0.15, -0.1) is 0 Å². The number of ether oxygens (including phenoxy) is 2. The summed E-state index contributed by atoms with van der Waals surface area (Å²) >= 11 is 6.05. The molecule has 2 heterocycles. The van der Waals surface area contributed by atoms with E-state index in [1.165, 1.54) is 0 Å². The standard InChI is InChI=1S/C17H20ClN3O3/c1-12-9-20(10-13(2)24-12)17(22)15-7-8-21(19-15)11-23-16-6-4-3-5-14(16)18/h3-8,12-13H,9-11H2,1-2H3/t12-,13-/m1/s1. The van der Waals surface area contributed by atoms with Crippen LogP contribution in [0.2, 0.25) is 5.02 Å². The fourth-order valence-electron chi connectivity index (χ4n) is 2.75. The van der Waals surface area contributed by atoms with Crippen molar-refractivity contribution < 1.29 is 14.3 Å². The van der Waals surface area contributed by atoms with Gasteiger partial charge in [-0.25, -0.2) is 4.68 Å². The number of rotatable bonds is 4. The summed E-state index contributed by atoms with van der Waals surface area (Å²) in [5.41, 5.74) is 0.402. The van der Waals surface area contributed by atoms with Crippen LogP contribution in [0.15, 0.2) is 36.5 Å². The van der Waals surface area contributed by atoms with Gasteiger partial charge in [0.15, 0.2) is 12.4 Å². The van der Waals surface area contributed by atoms with E-state index in [1.807, 2.05) is 26.0 Å². The molecule has 0 spiro atoms. The molecule has 7 heteroatoms. The maximum atomic E-state index is 12.6. The minimum atomic E-state index is -0.0894. The molecule has 6 nitrogen and oxygen atoms in total. The number of hydrogen-bond donors (Lipinski definition) is 0. The molecule has 0 radical (unpaired) electrons. The average molecular weight is 350 g/mol. The number of para-hydroxylation sites is 1.